The molecule has 1 aromatic carbocycles. The van der Waals surface area contributed by atoms with Gasteiger partial charge in [0.1, 0.15) is 5.52 Å². The Labute approximate surface area is 178 Å². The van der Waals surface area contributed by atoms with Gasteiger partial charge in [0.25, 0.3) is 5.56 Å². The second-order valence-corrected chi connectivity index (χ2v) is 8.40. The van der Waals surface area contributed by atoms with E-state index in [0.717, 1.165) is 5.56 Å². The minimum atomic E-state index is -2.18. The molecule has 0 spiro atoms. The molecule has 2 aromatic heterocycles. The fourth-order valence-corrected chi connectivity index (χ4v) is 3.08. The van der Waals surface area contributed by atoms with E-state index in [1.807, 2.05) is 6.07 Å². The topological polar surface area (TPSA) is 125 Å². The van der Waals surface area contributed by atoms with E-state index in [1.54, 1.807) is 19.1 Å². The number of fused-ring (bicyclic) bond motifs is 1. The van der Waals surface area contributed by atoms with Crippen molar-refractivity contribution in [2.24, 2.45) is 0 Å². The number of aromatic amines is 1. The number of nitrogens with zero attached hydrogens (tertiary/aromatic N) is 3. The van der Waals surface area contributed by atoms with Crippen molar-refractivity contribution in [3.63, 3.8) is 0 Å². The number of aromatic nitrogens is 4. The maximum Gasteiger partial charge on any atom is 0.278 e. The highest BCUT2D eigenvalue weighted by molar-refractivity contribution is 7.79. The summed E-state index contributed by atoms with van der Waals surface area (Å²) in [5, 5.41) is 7.51. The van der Waals surface area contributed by atoms with Crippen LogP contribution in [-0.2, 0) is 28.9 Å². The summed E-state index contributed by atoms with van der Waals surface area (Å²) in [4.78, 5) is 19.5. The van der Waals surface area contributed by atoms with Crippen LogP contribution in [0.2, 0.25) is 10.0 Å². The molecule has 0 radical (unpaired) electrons. The van der Waals surface area contributed by atoms with Gasteiger partial charge in [-0.05, 0) is 24.6 Å². The van der Waals surface area contributed by atoms with Crippen molar-refractivity contribution in [1.82, 2.24) is 19.7 Å². The van der Waals surface area contributed by atoms with Crippen LogP contribution in [0.15, 0.2) is 29.2 Å². The van der Waals surface area contributed by atoms with Gasteiger partial charge in [-0.2, -0.15) is 5.10 Å². The molecule has 0 aliphatic carbocycles. The first-order valence-corrected chi connectivity index (χ1v) is 10.5. The number of H-pyrrole nitrogens is 1. The van der Waals surface area contributed by atoms with E-state index in [1.165, 1.54) is 10.9 Å². The molecule has 2 heterocycles. The summed E-state index contributed by atoms with van der Waals surface area (Å²) < 4.78 is 28.4. The molecule has 0 aliphatic heterocycles. The summed E-state index contributed by atoms with van der Waals surface area (Å²) in [6.07, 6.45) is 1.49. The molecule has 2 N–H and O–H groups in total. The third-order valence-electron chi connectivity index (χ3n) is 4.07. The first-order valence-electron chi connectivity index (χ1n) is 8.64. The van der Waals surface area contributed by atoms with Gasteiger partial charge in [-0.3, -0.25) is 18.7 Å². The highest BCUT2D eigenvalue weighted by Gasteiger charge is 2.11. The van der Waals surface area contributed by atoms with Gasteiger partial charge in [0.2, 0.25) is 5.95 Å². The number of rotatable bonds is 9. The molecule has 2 unspecified atom stereocenters. The molecule has 3 rings (SSSR count). The first kappa shape index (κ1) is 21.7. The van der Waals surface area contributed by atoms with Gasteiger partial charge >= 0.3 is 0 Å². The smallest absolute Gasteiger partial charge is 0.278 e. The second-order valence-electron chi connectivity index (χ2n) is 6.26. The number of hydrogen-bond donors (Lipinski definition) is 2. The predicted molar refractivity (Wildman–Crippen MR) is 111 cm³/mol. The number of hydrogen-bond acceptors (Lipinski definition) is 7. The van der Waals surface area contributed by atoms with Crippen LogP contribution in [0.25, 0.3) is 11.0 Å². The molecule has 0 aliphatic rings. The van der Waals surface area contributed by atoms with Crippen molar-refractivity contribution in [2.75, 3.05) is 18.5 Å². The molecule has 0 saturated heterocycles. The fraction of sp³-hybridized carbons (Fsp3) is 0.353. The standard InChI is InChI=1S/C17H19Cl2N5O4S/c1-10(29(26)27)9-28-5-4-24-15-14(8-21-24)22-17(23-16(15)25)20-7-11-2-3-12(18)13(19)6-11/h2-3,6,8,10H,4-5,7,9H2,1H3,(H,26,27)(H2,20,22,23,25)/p-1. The zero-order chi connectivity index (χ0) is 21.0. The lowest BCUT2D eigenvalue weighted by Crippen LogP contribution is -2.20. The average Bonchev–Trinajstić information content (AvgIpc) is 3.09. The van der Waals surface area contributed by atoms with Gasteiger partial charge < -0.3 is 14.6 Å². The van der Waals surface area contributed by atoms with Gasteiger partial charge in [0.15, 0.2) is 5.52 Å². The highest BCUT2D eigenvalue weighted by Crippen LogP contribution is 2.22. The van der Waals surface area contributed by atoms with Crippen LogP contribution in [0.3, 0.4) is 0 Å². The molecule has 0 fully saturated rings. The van der Waals surface area contributed by atoms with Crippen LogP contribution in [0.5, 0.6) is 0 Å². The summed E-state index contributed by atoms with van der Waals surface area (Å²) in [5.41, 5.74) is 1.27. The Kier molecular flexibility index (Phi) is 7.25. The average molecular weight is 459 g/mol. The zero-order valence-corrected chi connectivity index (χ0v) is 17.7. The lowest BCUT2D eigenvalue weighted by Gasteiger charge is -2.14. The third kappa shape index (κ3) is 5.55. The van der Waals surface area contributed by atoms with Crippen LogP contribution in [-0.4, -0.2) is 47.0 Å². The maximum atomic E-state index is 12.5. The summed E-state index contributed by atoms with van der Waals surface area (Å²) in [5.74, 6) is 0.302. The largest absolute Gasteiger partial charge is 0.772 e. The summed E-state index contributed by atoms with van der Waals surface area (Å²) >= 11 is 9.72. The van der Waals surface area contributed by atoms with Crippen molar-refractivity contribution in [3.8, 4) is 0 Å². The molecule has 0 bridgehead atoms. The van der Waals surface area contributed by atoms with E-state index >= 15 is 0 Å². The lowest BCUT2D eigenvalue weighted by molar-refractivity contribution is 0.126. The molecule has 3 aromatic rings. The molecular weight excluding hydrogens is 441 g/mol. The van der Waals surface area contributed by atoms with Crippen LogP contribution >= 0.6 is 23.2 Å². The van der Waals surface area contributed by atoms with Crippen LogP contribution in [0.4, 0.5) is 5.95 Å². The SMILES string of the molecule is CC(COCCn1ncc2nc(NCc3ccc(Cl)c(Cl)c3)[nH]c(=O)c21)S(=O)[O-]. The first-order chi connectivity index (χ1) is 13.8. The van der Waals surface area contributed by atoms with E-state index in [2.05, 4.69) is 20.4 Å². The molecule has 12 heteroatoms. The number of anilines is 1. The van der Waals surface area contributed by atoms with Crippen LogP contribution in [0.1, 0.15) is 12.5 Å². The number of benzene rings is 1. The van der Waals surface area contributed by atoms with Crippen LogP contribution in [0, 0.1) is 0 Å². The Morgan fingerprint density at radius 3 is 2.90 bits per heavy atom. The number of halogens is 2. The van der Waals surface area contributed by atoms with Gasteiger partial charge in [-0.1, -0.05) is 40.3 Å². The van der Waals surface area contributed by atoms with E-state index in [4.69, 9.17) is 27.9 Å². The summed E-state index contributed by atoms with van der Waals surface area (Å²) in [7, 11) is 0. The normalized spacial score (nSPS) is 13.5. The minimum Gasteiger partial charge on any atom is -0.772 e. The Morgan fingerprint density at radius 1 is 1.38 bits per heavy atom. The second kappa shape index (κ2) is 9.68. The highest BCUT2D eigenvalue weighted by atomic mass is 35.5. The van der Waals surface area contributed by atoms with Gasteiger partial charge in [-0.15, -0.1) is 0 Å². The molecule has 29 heavy (non-hydrogen) atoms. The fourth-order valence-electron chi connectivity index (χ4n) is 2.55. The van der Waals surface area contributed by atoms with E-state index < -0.39 is 16.3 Å². The maximum absolute atomic E-state index is 12.5. The summed E-state index contributed by atoms with van der Waals surface area (Å²) in [6, 6.07) is 5.25. The zero-order valence-electron chi connectivity index (χ0n) is 15.4. The Hall–Kier alpha value is -1.98. The van der Waals surface area contributed by atoms with E-state index in [-0.39, 0.29) is 18.8 Å². The van der Waals surface area contributed by atoms with Crippen molar-refractivity contribution < 1.29 is 13.5 Å². The van der Waals surface area contributed by atoms with E-state index in [9.17, 15) is 13.6 Å². The van der Waals surface area contributed by atoms with Crippen molar-refractivity contribution in [1.29, 1.82) is 0 Å². The molecule has 156 valence electrons. The molecule has 0 amide bonds. The monoisotopic (exact) mass is 458 g/mol. The van der Waals surface area contributed by atoms with E-state index in [0.29, 0.717) is 40.1 Å². The van der Waals surface area contributed by atoms with Gasteiger partial charge in [-0.25, -0.2) is 4.98 Å². The van der Waals surface area contributed by atoms with Crippen molar-refractivity contribution in [2.45, 2.75) is 25.3 Å². The molecular formula is C17H18Cl2N5O4S-. The third-order valence-corrected chi connectivity index (χ3v) is 5.60. The van der Waals surface area contributed by atoms with Gasteiger partial charge in [0.05, 0.1) is 36.0 Å². The Morgan fingerprint density at radius 2 is 2.17 bits per heavy atom. The molecule has 0 saturated carbocycles. The lowest BCUT2D eigenvalue weighted by atomic mass is 10.2. The summed E-state index contributed by atoms with van der Waals surface area (Å²) in [6.45, 7) is 2.53. The van der Waals surface area contributed by atoms with Crippen molar-refractivity contribution >= 4 is 51.3 Å². The molecule has 9 nitrogen and oxygen atoms in total. The predicted octanol–water partition coefficient (Wildman–Crippen LogP) is 2.32. The Bertz CT molecular complexity index is 1090. The quantitative estimate of drug-likeness (QED) is 0.372. The Balaban J connectivity index is 1.65. The van der Waals surface area contributed by atoms with Gasteiger partial charge in [0, 0.05) is 11.8 Å². The number of ether oxygens (including phenoxy) is 1. The number of nitrogens with one attached hydrogen (secondary N) is 2. The van der Waals surface area contributed by atoms with Crippen molar-refractivity contribution in [3.05, 3.63) is 50.4 Å². The minimum absolute atomic E-state index is 0.0761. The molecule has 2 atom stereocenters. The van der Waals surface area contributed by atoms with Crippen LogP contribution < -0.4 is 10.9 Å².